The molecule has 0 atom stereocenters. The molecule has 22 heavy (non-hydrogen) atoms. The van der Waals surface area contributed by atoms with Crippen LogP contribution in [0.25, 0.3) is 0 Å². The van der Waals surface area contributed by atoms with Crippen molar-refractivity contribution in [3.63, 3.8) is 0 Å². The fourth-order valence-corrected chi connectivity index (χ4v) is 2.94. The smallest absolute Gasteiger partial charge is 0.229 e. The molecule has 5 nitrogen and oxygen atoms in total. The average molecular weight is 320 g/mol. The van der Waals surface area contributed by atoms with Gasteiger partial charge in [0.1, 0.15) is 0 Å². The standard InChI is InChI=1S/C16H18ClN3O2/c17-13-8-4-3-7-12(13)9-15(21)18-10-14-19-16(22-20-14)11-5-1-2-6-11/h3-4,7-8,11H,1-2,5-6,9-10H2,(H,18,21). The van der Waals surface area contributed by atoms with E-state index >= 15 is 0 Å². The Hall–Kier alpha value is -1.88. The second kappa shape index (κ2) is 6.92. The molecule has 2 aromatic rings. The van der Waals surface area contributed by atoms with E-state index in [1.807, 2.05) is 18.2 Å². The van der Waals surface area contributed by atoms with Crippen LogP contribution >= 0.6 is 11.6 Å². The van der Waals surface area contributed by atoms with Gasteiger partial charge in [-0.2, -0.15) is 4.98 Å². The lowest BCUT2D eigenvalue weighted by Gasteiger charge is -2.04. The van der Waals surface area contributed by atoms with Crippen molar-refractivity contribution in [2.45, 2.75) is 44.6 Å². The lowest BCUT2D eigenvalue weighted by Crippen LogP contribution is -2.25. The van der Waals surface area contributed by atoms with Crippen molar-refractivity contribution in [2.75, 3.05) is 0 Å². The van der Waals surface area contributed by atoms with E-state index < -0.39 is 0 Å². The molecule has 0 unspecified atom stereocenters. The molecule has 1 amide bonds. The summed E-state index contributed by atoms with van der Waals surface area (Å²) in [6.07, 6.45) is 4.90. The number of hydrogen-bond acceptors (Lipinski definition) is 4. The molecule has 6 heteroatoms. The highest BCUT2D eigenvalue weighted by atomic mass is 35.5. The number of halogens is 1. The van der Waals surface area contributed by atoms with Crippen LogP contribution in [0.15, 0.2) is 28.8 Å². The molecular formula is C16H18ClN3O2. The van der Waals surface area contributed by atoms with E-state index in [0.717, 1.165) is 18.4 Å². The molecule has 1 fully saturated rings. The molecule has 1 saturated carbocycles. The zero-order valence-corrected chi connectivity index (χ0v) is 13.0. The Bertz CT molecular complexity index is 650. The van der Waals surface area contributed by atoms with E-state index in [1.165, 1.54) is 12.8 Å². The van der Waals surface area contributed by atoms with Gasteiger partial charge in [-0.05, 0) is 24.5 Å². The lowest BCUT2D eigenvalue weighted by atomic mass is 10.1. The zero-order chi connectivity index (χ0) is 15.4. The number of rotatable bonds is 5. The van der Waals surface area contributed by atoms with Crippen LogP contribution in [0.5, 0.6) is 0 Å². The van der Waals surface area contributed by atoms with Crippen LogP contribution in [-0.2, 0) is 17.8 Å². The number of carbonyl (C=O) groups is 1. The van der Waals surface area contributed by atoms with Gasteiger partial charge in [0.05, 0.1) is 13.0 Å². The first-order chi connectivity index (χ1) is 10.7. The maximum Gasteiger partial charge on any atom is 0.229 e. The fraction of sp³-hybridized carbons (Fsp3) is 0.438. The van der Waals surface area contributed by atoms with Gasteiger partial charge in [-0.3, -0.25) is 4.79 Å². The van der Waals surface area contributed by atoms with E-state index in [4.69, 9.17) is 16.1 Å². The van der Waals surface area contributed by atoms with Crippen molar-refractivity contribution in [2.24, 2.45) is 0 Å². The van der Waals surface area contributed by atoms with Crippen LogP contribution in [0.1, 0.15) is 48.9 Å². The third kappa shape index (κ3) is 3.65. The minimum Gasteiger partial charge on any atom is -0.348 e. The Balaban J connectivity index is 1.52. The normalized spacial score (nSPS) is 15.1. The van der Waals surface area contributed by atoms with Crippen molar-refractivity contribution in [3.8, 4) is 0 Å². The Kier molecular flexibility index (Phi) is 4.73. The highest BCUT2D eigenvalue weighted by Crippen LogP contribution is 2.32. The van der Waals surface area contributed by atoms with E-state index in [0.29, 0.717) is 22.7 Å². The van der Waals surface area contributed by atoms with Gasteiger partial charge in [0.25, 0.3) is 0 Å². The zero-order valence-electron chi connectivity index (χ0n) is 12.2. The van der Waals surface area contributed by atoms with Gasteiger partial charge >= 0.3 is 0 Å². The topological polar surface area (TPSA) is 68.0 Å². The minimum atomic E-state index is -0.111. The first kappa shape index (κ1) is 15.0. The van der Waals surface area contributed by atoms with Crippen LogP contribution in [-0.4, -0.2) is 16.0 Å². The molecule has 1 heterocycles. The molecule has 1 aliphatic carbocycles. The summed E-state index contributed by atoms with van der Waals surface area (Å²) in [5.74, 6) is 1.50. The fourth-order valence-electron chi connectivity index (χ4n) is 2.73. The Morgan fingerprint density at radius 1 is 1.32 bits per heavy atom. The summed E-state index contributed by atoms with van der Waals surface area (Å²) in [5, 5.41) is 7.32. The van der Waals surface area contributed by atoms with E-state index in [-0.39, 0.29) is 18.9 Å². The highest BCUT2D eigenvalue weighted by molar-refractivity contribution is 6.31. The third-order valence-electron chi connectivity index (χ3n) is 3.94. The first-order valence-electron chi connectivity index (χ1n) is 7.55. The molecule has 0 spiro atoms. The molecule has 3 rings (SSSR count). The largest absolute Gasteiger partial charge is 0.348 e. The quantitative estimate of drug-likeness (QED) is 0.918. The van der Waals surface area contributed by atoms with Crippen LogP contribution in [0.3, 0.4) is 0 Å². The predicted octanol–water partition coefficient (Wildman–Crippen LogP) is 3.24. The maximum atomic E-state index is 11.9. The maximum absolute atomic E-state index is 11.9. The van der Waals surface area contributed by atoms with Gasteiger partial charge in [0.15, 0.2) is 5.82 Å². The molecule has 0 radical (unpaired) electrons. The Morgan fingerprint density at radius 2 is 2.09 bits per heavy atom. The predicted molar refractivity (Wildman–Crippen MR) is 82.5 cm³/mol. The van der Waals surface area contributed by atoms with Gasteiger partial charge in [-0.15, -0.1) is 0 Å². The first-order valence-corrected chi connectivity index (χ1v) is 7.93. The number of amides is 1. The van der Waals surface area contributed by atoms with Crippen LogP contribution in [0.4, 0.5) is 0 Å². The SMILES string of the molecule is O=C(Cc1ccccc1Cl)NCc1noc(C2CCCC2)n1. The molecule has 1 aliphatic rings. The van der Waals surface area contributed by atoms with Crippen molar-refractivity contribution < 1.29 is 9.32 Å². The Labute approximate surface area is 134 Å². The van der Waals surface area contributed by atoms with E-state index in [2.05, 4.69) is 15.5 Å². The number of benzene rings is 1. The summed E-state index contributed by atoms with van der Waals surface area (Å²) in [6.45, 7) is 0.277. The second-order valence-electron chi connectivity index (χ2n) is 5.58. The van der Waals surface area contributed by atoms with Gasteiger partial charge in [0, 0.05) is 10.9 Å². The summed E-state index contributed by atoms with van der Waals surface area (Å²) in [4.78, 5) is 16.3. The number of hydrogen-bond donors (Lipinski definition) is 1. The van der Waals surface area contributed by atoms with Crippen LogP contribution in [0, 0.1) is 0 Å². The average Bonchev–Trinajstić information content (AvgIpc) is 3.18. The molecule has 1 aromatic carbocycles. The van der Waals surface area contributed by atoms with Crippen molar-refractivity contribution >= 4 is 17.5 Å². The third-order valence-corrected chi connectivity index (χ3v) is 4.31. The second-order valence-corrected chi connectivity index (χ2v) is 5.98. The summed E-state index contributed by atoms with van der Waals surface area (Å²) >= 11 is 6.04. The van der Waals surface area contributed by atoms with E-state index in [9.17, 15) is 4.79 Å². The summed E-state index contributed by atoms with van der Waals surface area (Å²) in [7, 11) is 0. The molecule has 0 bridgehead atoms. The monoisotopic (exact) mass is 319 g/mol. The number of nitrogens with one attached hydrogen (secondary N) is 1. The number of aromatic nitrogens is 2. The summed E-state index contributed by atoms with van der Waals surface area (Å²) in [5.41, 5.74) is 0.807. The number of carbonyl (C=O) groups excluding carboxylic acids is 1. The molecule has 116 valence electrons. The van der Waals surface area contributed by atoms with Gasteiger partial charge in [-0.25, -0.2) is 0 Å². The van der Waals surface area contributed by atoms with Crippen molar-refractivity contribution in [1.29, 1.82) is 0 Å². The molecular weight excluding hydrogens is 302 g/mol. The van der Waals surface area contributed by atoms with E-state index in [1.54, 1.807) is 6.07 Å². The highest BCUT2D eigenvalue weighted by Gasteiger charge is 2.22. The summed E-state index contributed by atoms with van der Waals surface area (Å²) < 4.78 is 5.28. The van der Waals surface area contributed by atoms with Gasteiger partial charge in [0.2, 0.25) is 11.8 Å². The molecule has 1 aromatic heterocycles. The Morgan fingerprint density at radius 3 is 2.86 bits per heavy atom. The summed E-state index contributed by atoms with van der Waals surface area (Å²) in [6, 6.07) is 7.32. The molecule has 1 N–H and O–H groups in total. The van der Waals surface area contributed by atoms with Crippen LogP contribution in [0.2, 0.25) is 5.02 Å². The van der Waals surface area contributed by atoms with Crippen LogP contribution < -0.4 is 5.32 Å². The van der Waals surface area contributed by atoms with Crippen molar-refractivity contribution in [3.05, 3.63) is 46.6 Å². The number of nitrogens with zero attached hydrogens (tertiary/aromatic N) is 2. The minimum absolute atomic E-state index is 0.111. The van der Waals surface area contributed by atoms with Gasteiger partial charge in [-0.1, -0.05) is 47.8 Å². The molecule has 0 saturated heterocycles. The molecule has 0 aliphatic heterocycles. The lowest BCUT2D eigenvalue weighted by molar-refractivity contribution is -0.120. The van der Waals surface area contributed by atoms with Crippen molar-refractivity contribution in [1.82, 2.24) is 15.5 Å². The van der Waals surface area contributed by atoms with Gasteiger partial charge < -0.3 is 9.84 Å².